The summed E-state index contributed by atoms with van der Waals surface area (Å²) in [6.07, 6.45) is 2.29. The van der Waals surface area contributed by atoms with E-state index in [-0.39, 0.29) is 0 Å². The van der Waals surface area contributed by atoms with Gasteiger partial charge in [-0.15, -0.1) is 0 Å². The van der Waals surface area contributed by atoms with Crippen LogP contribution in [-0.2, 0) is 0 Å². The highest BCUT2D eigenvalue weighted by molar-refractivity contribution is 5.57. The number of nitrogens with two attached hydrogens (primary N) is 1. The van der Waals surface area contributed by atoms with E-state index in [4.69, 9.17) is 5.84 Å². The van der Waals surface area contributed by atoms with Gasteiger partial charge in [-0.3, -0.25) is 0 Å². The Morgan fingerprint density at radius 2 is 1.78 bits per heavy atom. The Morgan fingerprint density at radius 3 is 2.39 bits per heavy atom. The highest BCUT2D eigenvalue weighted by Gasteiger charge is 2.18. The first-order chi connectivity index (χ1) is 8.60. The summed E-state index contributed by atoms with van der Waals surface area (Å²) in [5.74, 6) is 7.78. The molecule has 100 valence electrons. The molecule has 1 aromatic heterocycles. The van der Waals surface area contributed by atoms with E-state index < -0.39 is 0 Å². The third-order valence-corrected chi connectivity index (χ3v) is 3.45. The van der Waals surface area contributed by atoms with Gasteiger partial charge >= 0.3 is 0 Å². The maximum Gasteiger partial charge on any atom is 0.148 e. The van der Waals surface area contributed by atoms with Crippen molar-refractivity contribution in [2.24, 2.45) is 5.84 Å². The van der Waals surface area contributed by atoms with E-state index in [9.17, 15) is 0 Å². The second-order valence-corrected chi connectivity index (χ2v) is 4.96. The minimum atomic E-state index is 0.486. The van der Waals surface area contributed by atoms with Gasteiger partial charge in [0.1, 0.15) is 17.5 Å². The second kappa shape index (κ2) is 5.49. The van der Waals surface area contributed by atoms with Gasteiger partial charge in [0.25, 0.3) is 0 Å². The van der Waals surface area contributed by atoms with E-state index in [2.05, 4.69) is 32.7 Å². The monoisotopic (exact) mass is 250 g/mol. The van der Waals surface area contributed by atoms with E-state index >= 15 is 0 Å². The lowest BCUT2D eigenvalue weighted by molar-refractivity contribution is 0.263. The predicted octanol–water partition coefficient (Wildman–Crippen LogP) is 0.885. The largest absolute Gasteiger partial charge is 0.367 e. The van der Waals surface area contributed by atoms with Crippen LogP contribution in [0.15, 0.2) is 0 Å². The van der Waals surface area contributed by atoms with Crippen LogP contribution in [-0.4, -0.2) is 41.0 Å². The van der Waals surface area contributed by atoms with Gasteiger partial charge in [-0.05, 0) is 46.8 Å². The maximum atomic E-state index is 5.47. The zero-order valence-electron chi connectivity index (χ0n) is 11.3. The number of aryl methyl sites for hydroxylation is 1. The summed E-state index contributed by atoms with van der Waals surface area (Å²) in [7, 11) is 2.16. The van der Waals surface area contributed by atoms with Crippen LogP contribution in [0.2, 0.25) is 0 Å². The molecule has 2 rings (SSSR count). The SMILES string of the molecule is Cc1nc(NN)c(C)c(NC2CCN(C)CC2)n1. The molecule has 6 nitrogen and oxygen atoms in total. The molecule has 0 radical (unpaired) electrons. The van der Waals surface area contributed by atoms with E-state index in [1.807, 2.05) is 13.8 Å². The molecule has 2 heterocycles. The number of hydrogen-bond acceptors (Lipinski definition) is 6. The fraction of sp³-hybridized carbons (Fsp3) is 0.667. The molecule has 0 aliphatic carbocycles. The molecule has 1 saturated heterocycles. The fourth-order valence-electron chi connectivity index (χ4n) is 2.26. The number of piperidine rings is 1. The van der Waals surface area contributed by atoms with Crippen molar-refractivity contribution in [3.05, 3.63) is 11.4 Å². The second-order valence-electron chi connectivity index (χ2n) is 4.96. The Hall–Kier alpha value is -1.40. The number of likely N-dealkylation sites (tertiary alicyclic amines) is 1. The zero-order chi connectivity index (χ0) is 13.1. The summed E-state index contributed by atoms with van der Waals surface area (Å²) in [5.41, 5.74) is 3.60. The van der Waals surface area contributed by atoms with Crippen LogP contribution in [0.25, 0.3) is 0 Å². The third kappa shape index (κ3) is 2.88. The highest BCUT2D eigenvalue weighted by atomic mass is 15.3. The fourth-order valence-corrected chi connectivity index (χ4v) is 2.26. The molecular weight excluding hydrogens is 228 g/mol. The van der Waals surface area contributed by atoms with Crippen molar-refractivity contribution in [3.63, 3.8) is 0 Å². The van der Waals surface area contributed by atoms with Crippen molar-refractivity contribution in [1.82, 2.24) is 14.9 Å². The van der Waals surface area contributed by atoms with Gasteiger partial charge in [-0.25, -0.2) is 15.8 Å². The number of anilines is 2. The molecule has 4 N–H and O–H groups in total. The molecule has 18 heavy (non-hydrogen) atoms. The van der Waals surface area contributed by atoms with Gasteiger partial charge in [0.2, 0.25) is 0 Å². The molecule has 1 fully saturated rings. The van der Waals surface area contributed by atoms with Crippen LogP contribution in [0.4, 0.5) is 11.6 Å². The standard InChI is InChI=1S/C12H22N6/c1-8-11(14-9(2)15-12(8)17-13)16-10-4-6-18(3)7-5-10/h10H,4-7,13H2,1-3H3,(H2,14,15,16,17). The van der Waals surface area contributed by atoms with Crippen LogP contribution in [0, 0.1) is 13.8 Å². The number of nitrogen functional groups attached to an aromatic ring is 1. The summed E-state index contributed by atoms with van der Waals surface area (Å²) >= 11 is 0. The minimum Gasteiger partial charge on any atom is -0.367 e. The molecule has 1 aliphatic rings. The van der Waals surface area contributed by atoms with Gasteiger partial charge in [0, 0.05) is 11.6 Å². The summed E-state index contributed by atoms with van der Waals surface area (Å²) in [6.45, 7) is 6.11. The molecule has 1 aromatic rings. The molecule has 0 unspecified atom stereocenters. The van der Waals surface area contributed by atoms with Crippen molar-refractivity contribution in [3.8, 4) is 0 Å². The van der Waals surface area contributed by atoms with Crippen molar-refractivity contribution in [2.45, 2.75) is 32.7 Å². The molecule has 0 amide bonds. The molecular formula is C12H22N6. The molecule has 0 bridgehead atoms. The Labute approximate surface area is 108 Å². The lowest BCUT2D eigenvalue weighted by Gasteiger charge is -2.30. The van der Waals surface area contributed by atoms with Gasteiger partial charge in [-0.1, -0.05) is 0 Å². The van der Waals surface area contributed by atoms with Gasteiger partial charge in [0.05, 0.1) is 0 Å². The van der Waals surface area contributed by atoms with Gasteiger partial charge in [-0.2, -0.15) is 0 Å². The number of nitrogens with one attached hydrogen (secondary N) is 2. The Kier molecular flexibility index (Phi) is 3.98. The molecule has 0 aromatic carbocycles. The first-order valence-corrected chi connectivity index (χ1v) is 6.37. The third-order valence-electron chi connectivity index (χ3n) is 3.45. The summed E-state index contributed by atoms with van der Waals surface area (Å²) in [4.78, 5) is 11.1. The smallest absolute Gasteiger partial charge is 0.148 e. The quantitative estimate of drug-likeness (QED) is 0.546. The minimum absolute atomic E-state index is 0.486. The summed E-state index contributed by atoms with van der Waals surface area (Å²) in [5, 5.41) is 3.51. The van der Waals surface area contributed by atoms with Crippen LogP contribution in [0.5, 0.6) is 0 Å². The van der Waals surface area contributed by atoms with Crippen molar-refractivity contribution >= 4 is 11.6 Å². The lowest BCUT2D eigenvalue weighted by atomic mass is 10.1. The topological polar surface area (TPSA) is 79.1 Å². The van der Waals surface area contributed by atoms with E-state index in [1.54, 1.807) is 0 Å². The average molecular weight is 250 g/mol. The van der Waals surface area contributed by atoms with Crippen LogP contribution < -0.4 is 16.6 Å². The van der Waals surface area contributed by atoms with Gasteiger partial charge < -0.3 is 15.6 Å². The molecule has 0 atom stereocenters. The van der Waals surface area contributed by atoms with Crippen molar-refractivity contribution < 1.29 is 0 Å². The number of nitrogens with zero attached hydrogens (tertiary/aromatic N) is 3. The number of hydrazine groups is 1. The molecule has 1 aliphatic heterocycles. The summed E-state index contributed by atoms with van der Waals surface area (Å²) in [6, 6.07) is 0.486. The Morgan fingerprint density at radius 1 is 1.17 bits per heavy atom. The lowest BCUT2D eigenvalue weighted by Crippen LogP contribution is -2.37. The first-order valence-electron chi connectivity index (χ1n) is 6.37. The van der Waals surface area contributed by atoms with Crippen LogP contribution in [0.3, 0.4) is 0 Å². The predicted molar refractivity (Wildman–Crippen MR) is 73.5 cm³/mol. The normalized spacial score (nSPS) is 17.8. The summed E-state index contributed by atoms with van der Waals surface area (Å²) < 4.78 is 0. The molecule has 0 saturated carbocycles. The highest BCUT2D eigenvalue weighted by Crippen LogP contribution is 2.22. The number of aromatic nitrogens is 2. The maximum absolute atomic E-state index is 5.47. The first kappa shape index (κ1) is 13.0. The Balaban J connectivity index is 2.11. The zero-order valence-corrected chi connectivity index (χ0v) is 11.3. The van der Waals surface area contributed by atoms with Crippen molar-refractivity contribution in [1.29, 1.82) is 0 Å². The van der Waals surface area contributed by atoms with Gasteiger partial charge in [0.15, 0.2) is 0 Å². The van der Waals surface area contributed by atoms with E-state index in [0.29, 0.717) is 11.9 Å². The van der Waals surface area contributed by atoms with Crippen LogP contribution >= 0.6 is 0 Å². The number of rotatable bonds is 3. The van der Waals surface area contributed by atoms with E-state index in [1.165, 1.54) is 0 Å². The molecule has 0 spiro atoms. The molecule has 6 heteroatoms. The van der Waals surface area contributed by atoms with E-state index in [0.717, 1.165) is 43.1 Å². The van der Waals surface area contributed by atoms with Crippen molar-refractivity contribution in [2.75, 3.05) is 30.9 Å². The Bertz CT molecular complexity index is 411. The number of hydrogen-bond donors (Lipinski definition) is 3. The van der Waals surface area contributed by atoms with Crippen LogP contribution in [0.1, 0.15) is 24.2 Å². The average Bonchev–Trinajstić information content (AvgIpc) is 2.36.